The molecule has 3 rings (SSSR count). The summed E-state index contributed by atoms with van der Waals surface area (Å²) in [5.74, 6) is 0.971. The van der Waals surface area contributed by atoms with Crippen molar-refractivity contribution >= 4 is 32.4 Å². The van der Waals surface area contributed by atoms with Gasteiger partial charge in [0.1, 0.15) is 24.1 Å². The summed E-state index contributed by atoms with van der Waals surface area (Å²) in [7, 11) is -3.69. The minimum absolute atomic E-state index is 0.253. The van der Waals surface area contributed by atoms with E-state index in [0.29, 0.717) is 30.2 Å². The molecule has 3 aromatic rings. The molecule has 0 unspecified atom stereocenters. The molecule has 0 radical (unpaired) electrons. The standard InChI is InChI=1S/C25H30N2O5S/c1-4-24(27(33(3,29)30)21-11-14-22(15-12-21)31-5-2)25(28)26-16-17-32-23-13-10-19-8-6-7-9-20(19)18-23/h6-15,18,24H,4-5,16-17H2,1-3H3,(H,26,28)/t24-/m0/s1. The third-order valence-electron chi connectivity index (χ3n) is 5.12. The number of hydrogen-bond acceptors (Lipinski definition) is 5. The molecule has 0 aromatic heterocycles. The van der Waals surface area contributed by atoms with Crippen molar-refractivity contribution < 1.29 is 22.7 Å². The maximum absolute atomic E-state index is 12.9. The third-order valence-corrected chi connectivity index (χ3v) is 6.30. The SMILES string of the molecule is CCOc1ccc(N([C@@H](CC)C(=O)NCCOc2ccc3ccccc3c2)S(C)(=O)=O)cc1. The smallest absolute Gasteiger partial charge is 0.244 e. The highest BCUT2D eigenvalue weighted by atomic mass is 32.2. The van der Waals surface area contributed by atoms with Crippen LogP contribution in [-0.4, -0.2) is 46.4 Å². The van der Waals surface area contributed by atoms with Crippen molar-refractivity contribution in [2.45, 2.75) is 26.3 Å². The van der Waals surface area contributed by atoms with Crippen molar-refractivity contribution in [2.24, 2.45) is 0 Å². The predicted octanol–water partition coefficient (Wildman–Crippen LogP) is 3.98. The first-order valence-corrected chi connectivity index (χ1v) is 12.8. The van der Waals surface area contributed by atoms with Crippen LogP contribution in [-0.2, 0) is 14.8 Å². The first-order valence-electron chi connectivity index (χ1n) is 10.9. The normalized spacial score (nSPS) is 12.2. The molecule has 0 aliphatic rings. The van der Waals surface area contributed by atoms with E-state index < -0.39 is 16.1 Å². The molecule has 0 saturated carbocycles. The summed E-state index contributed by atoms with van der Waals surface area (Å²) in [6.07, 6.45) is 1.42. The fraction of sp³-hybridized carbons (Fsp3) is 0.320. The van der Waals surface area contributed by atoms with Crippen LogP contribution in [0.2, 0.25) is 0 Å². The van der Waals surface area contributed by atoms with E-state index in [1.807, 2.05) is 49.4 Å². The predicted molar refractivity (Wildman–Crippen MR) is 131 cm³/mol. The average Bonchev–Trinajstić information content (AvgIpc) is 2.80. The zero-order valence-electron chi connectivity index (χ0n) is 19.2. The summed E-state index contributed by atoms with van der Waals surface area (Å²) in [5.41, 5.74) is 0.412. The number of carbonyl (C=O) groups excluding carboxylic acids is 1. The summed E-state index contributed by atoms with van der Waals surface area (Å²) in [4.78, 5) is 12.9. The molecule has 176 valence electrons. The van der Waals surface area contributed by atoms with Crippen LogP contribution in [0.25, 0.3) is 10.8 Å². The second kappa shape index (κ2) is 11.0. The minimum atomic E-state index is -3.69. The number of nitrogens with one attached hydrogen (secondary N) is 1. The van der Waals surface area contributed by atoms with Gasteiger partial charge in [-0.3, -0.25) is 9.10 Å². The van der Waals surface area contributed by atoms with Crippen molar-refractivity contribution in [3.8, 4) is 11.5 Å². The van der Waals surface area contributed by atoms with Gasteiger partial charge in [-0.05, 0) is 60.5 Å². The Morgan fingerprint density at radius 2 is 1.61 bits per heavy atom. The van der Waals surface area contributed by atoms with E-state index in [-0.39, 0.29) is 19.1 Å². The van der Waals surface area contributed by atoms with Gasteiger partial charge in [0.25, 0.3) is 0 Å². The van der Waals surface area contributed by atoms with Crippen molar-refractivity contribution in [3.05, 3.63) is 66.7 Å². The van der Waals surface area contributed by atoms with Crippen LogP contribution in [0.5, 0.6) is 11.5 Å². The highest BCUT2D eigenvalue weighted by Crippen LogP contribution is 2.25. The molecule has 33 heavy (non-hydrogen) atoms. The number of benzene rings is 3. The van der Waals surface area contributed by atoms with Crippen LogP contribution < -0.4 is 19.1 Å². The monoisotopic (exact) mass is 470 g/mol. The molecule has 1 N–H and O–H groups in total. The molecule has 0 aliphatic carbocycles. The summed E-state index contributed by atoms with van der Waals surface area (Å²) in [6.45, 7) is 4.68. The molecular weight excluding hydrogens is 440 g/mol. The number of nitrogens with zero attached hydrogens (tertiary/aromatic N) is 1. The van der Waals surface area contributed by atoms with Gasteiger partial charge in [0.2, 0.25) is 15.9 Å². The van der Waals surface area contributed by atoms with Gasteiger partial charge in [-0.25, -0.2) is 8.42 Å². The summed E-state index contributed by atoms with van der Waals surface area (Å²) in [5, 5.41) is 5.00. The van der Waals surface area contributed by atoms with Crippen molar-refractivity contribution in [1.82, 2.24) is 5.32 Å². The lowest BCUT2D eigenvalue weighted by Gasteiger charge is -2.30. The Kier molecular flexibility index (Phi) is 8.16. The number of hydrogen-bond donors (Lipinski definition) is 1. The Morgan fingerprint density at radius 1 is 0.939 bits per heavy atom. The van der Waals surface area contributed by atoms with Crippen LogP contribution in [0.3, 0.4) is 0 Å². The molecule has 0 aliphatic heterocycles. The van der Waals surface area contributed by atoms with Gasteiger partial charge in [-0.1, -0.05) is 37.3 Å². The molecule has 0 saturated heterocycles. The summed E-state index contributed by atoms with van der Waals surface area (Å²) < 4.78 is 37.5. The maximum atomic E-state index is 12.9. The minimum Gasteiger partial charge on any atom is -0.494 e. The largest absolute Gasteiger partial charge is 0.494 e. The lowest BCUT2D eigenvalue weighted by atomic mass is 10.1. The maximum Gasteiger partial charge on any atom is 0.244 e. The average molecular weight is 471 g/mol. The topological polar surface area (TPSA) is 84.9 Å². The molecule has 0 fully saturated rings. The van der Waals surface area contributed by atoms with Gasteiger partial charge < -0.3 is 14.8 Å². The fourth-order valence-corrected chi connectivity index (χ4v) is 4.85. The van der Waals surface area contributed by atoms with E-state index in [1.165, 1.54) is 0 Å². The Bertz CT molecular complexity index is 1180. The first kappa shape index (κ1) is 24.4. The van der Waals surface area contributed by atoms with Gasteiger partial charge in [0.15, 0.2) is 0 Å². The molecule has 0 bridgehead atoms. The number of sulfonamides is 1. The van der Waals surface area contributed by atoms with Gasteiger partial charge in [0.05, 0.1) is 25.1 Å². The Hall–Kier alpha value is -3.26. The van der Waals surface area contributed by atoms with Gasteiger partial charge in [-0.15, -0.1) is 0 Å². The molecule has 1 atom stereocenters. The van der Waals surface area contributed by atoms with E-state index in [0.717, 1.165) is 21.3 Å². The van der Waals surface area contributed by atoms with Gasteiger partial charge >= 0.3 is 0 Å². The Morgan fingerprint density at radius 3 is 2.24 bits per heavy atom. The summed E-state index contributed by atoms with van der Waals surface area (Å²) in [6, 6.07) is 19.6. The van der Waals surface area contributed by atoms with Crippen molar-refractivity contribution in [1.29, 1.82) is 0 Å². The van der Waals surface area contributed by atoms with Crippen LogP contribution in [0.15, 0.2) is 66.7 Å². The Labute approximate surface area is 195 Å². The molecule has 0 spiro atoms. The van der Waals surface area contributed by atoms with Crippen molar-refractivity contribution in [2.75, 3.05) is 30.3 Å². The number of ether oxygens (including phenoxy) is 2. The van der Waals surface area contributed by atoms with E-state index in [1.54, 1.807) is 31.2 Å². The zero-order valence-corrected chi connectivity index (χ0v) is 20.0. The van der Waals surface area contributed by atoms with E-state index in [2.05, 4.69) is 5.32 Å². The molecule has 7 nitrogen and oxygen atoms in total. The molecule has 8 heteroatoms. The van der Waals surface area contributed by atoms with Gasteiger partial charge in [0, 0.05) is 0 Å². The van der Waals surface area contributed by atoms with Crippen LogP contribution >= 0.6 is 0 Å². The molecular formula is C25H30N2O5S. The quantitative estimate of drug-likeness (QED) is 0.429. The highest BCUT2D eigenvalue weighted by molar-refractivity contribution is 7.92. The molecule has 3 aromatic carbocycles. The third kappa shape index (κ3) is 6.38. The fourth-order valence-electron chi connectivity index (χ4n) is 3.63. The van der Waals surface area contributed by atoms with Crippen molar-refractivity contribution in [3.63, 3.8) is 0 Å². The van der Waals surface area contributed by atoms with E-state index >= 15 is 0 Å². The van der Waals surface area contributed by atoms with Crippen LogP contribution in [0.1, 0.15) is 20.3 Å². The number of rotatable bonds is 11. The zero-order chi connectivity index (χ0) is 23.8. The van der Waals surface area contributed by atoms with E-state index in [9.17, 15) is 13.2 Å². The lowest BCUT2D eigenvalue weighted by molar-refractivity contribution is -0.122. The Balaban J connectivity index is 1.63. The number of anilines is 1. The lowest BCUT2D eigenvalue weighted by Crippen LogP contribution is -2.50. The number of fused-ring (bicyclic) bond motifs is 1. The molecule has 1 amide bonds. The van der Waals surface area contributed by atoms with Gasteiger partial charge in [-0.2, -0.15) is 0 Å². The highest BCUT2D eigenvalue weighted by Gasteiger charge is 2.31. The second-order valence-corrected chi connectivity index (χ2v) is 9.42. The number of carbonyl (C=O) groups is 1. The molecule has 0 heterocycles. The van der Waals surface area contributed by atoms with Crippen LogP contribution in [0.4, 0.5) is 5.69 Å². The summed E-state index contributed by atoms with van der Waals surface area (Å²) >= 11 is 0. The second-order valence-electron chi connectivity index (χ2n) is 7.56. The first-order chi connectivity index (χ1) is 15.8. The van der Waals surface area contributed by atoms with Crippen LogP contribution in [0, 0.1) is 0 Å². The van der Waals surface area contributed by atoms with E-state index in [4.69, 9.17) is 9.47 Å². The number of amides is 1.